The molecule has 0 heterocycles. The van der Waals surface area contributed by atoms with Crippen LogP contribution in [0.3, 0.4) is 0 Å². The van der Waals surface area contributed by atoms with Crippen LogP contribution in [0.25, 0.3) is 0 Å². The van der Waals surface area contributed by atoms with E-state index in [0.29, 0.717) is 5.92 Å². The molecule has 1 nitrogen and oxygen atoms in total. The van der Waals surface area contributed by atoms with Crippen LogP contribution < -0.4 is 3.26 Å². The predicted octanol–water partition coefficient (Wildman–Crippen LogP) is 5.26. The van der Waals surface area contributed by atoms with Crippen molar-refractivity contribution in [1.82, 2.24) is 3.26 Å². The minimum absolute atomic E-state index is 0. The maximum Gasteiger partial charge on any atom is -0.147 e. The molecule has 1 aliphatic carbocycles. The van der Waals surface area contributed by atoms with Crippen LogP contribution >= 0.6 is 24.8 Å². The van der Waals surface area contributed by atoms with Crippen molar-refractivity contribution in [2.45, 2.75) is 67.1 Å². The third-order valence-corrected chi connectivity index (χ3v) is 20.4. The van der Waals surface area contributed by atoms with Crippen molar-refractivity contribution in [3.8, 4) is 0 Å². The molecule has 118 valence electrons. The summed E-state index contributed by atoms with van der Waals surface area (Å²) in [5.74, 6) is 0.703. The van der Waals surface area contributed by atoms with E-state index in [2.05, 4.69) is 64.8 Å². The van der Waals surface area contributed by atoms with E-state index in [1.807, 2.05) is 3.28 Å². The monoisotopic (exact) mass is 413 g/mol. The van der Waals surface area contributed by atoms with Crippen LogP contribution in [0.1, 0.15) is 48.5 Å². The molecule has 0 fully saturated rings. The van der Waals surface area contributed by atoms with Crippen molar-refractivity contribution in [1.29, 1.82) is 0 Å². The Bertz CT molecular complexity index is 455. The third-order valence-electron chi connectivity index (χ3n) is 3.91. The summed E-state index contributed by atoms with van der Waals surface area (Å²) in [6.45, 7) is 21.4. The largest absolute Gasteiger partial charge is 0.147 e. The van der Waals surface area contributed by atoms with Crippen molar-refractivity contribution >= 4 is 30.2 Å². The Morgan fingerprint density at radius 2 is 1.45 bits per heavy atom. The first kappa shape index (κ1) is 23.4. The molecule has 20 heavy (non-hydrogen) atoms. The molecule has 0 saturated heterocycles. The number of nitrogens with one attached hydrogen (secondary N) is 1. The van der Waals surface area contributed by atoms with Crippen LogP contribution in [-0.2, 0) is 20.7 Å². The van der Waals surface area contributed by atoms with Crippen LogP contribution in [0.2, 0.25) is 13.1 Å². The van der Waals surface area contributed by atoms with Gasteiger partial charge >= 0.3 is 122 Å². The van der Waals surface area contributed by atoms with E-state index in [1.54, 1.807) is 16.7 Å². The fourth-order valence-electron chi connectivity index (χ4n) is 2.60. The SMILES string of the molecule is CC1=C(C)C(C)[C]([Zr]([NH]C(C)(C)C)=[Si](C)C)=C1C.Cl.Cl. The van der Waals surface area contributed by atoms with Crippen molar-refractivity contribution in [2.75, 3.05) is 0 Å². The zero-order valence-corrected chi connectivity index (χ0v) is 19.5. The molecule has 0 bridgehead atoms. The van der Waals surface area contributed by atoms with Crippen LogP contribution in [0.15, 0.2) is 20.0 Å². The van der Waals surface area contributed by atoms with Gasteiger partial charge in [-0.1, -0.05) is 0 Å². The first-order valence-electron chi connectivity index (χ1n) is 6.90. The van der Waals surface area contributed by atoms with Crippen molar-refractivity contribution in [3.05, 3.63) is 20.0 Å². The maximum atomic E-state index is 4.06. The second kappa shape index (κ2) is 8.67. The van der Waals surface area contributed by atoms with E-state index in [-0.39, 0.29) is 35.8 Å². The molecular weight excluding hydrogens is 384 g/mol. The van der Waals surface area contributed by atoms with Crippen LogP contribution in [0.5, 0.6) is 0 Å². The van der Waals surface area contributed by atoms with Gasteiger partial charge < -0.3 is 0 Å². The number of halogens is 2. The summed E-state index contributed by atoms with van der Waals surface area (Å²) in [6.07, 6.45) is 0. The van der Waals surface area contributed by atoms with E-state index in [0.717, 1.165) is 0 Å². The van der Waals surface area contributed by atoms with Gasteiger partial charge in [0.1, 0.15) is 0 Å². The molecule has 0 radical (unpaired) electrons. The van der Waals surface area contributed by atoms with E-state index in [1.165, 1.54) is 0 Å². The summed E-state index contributed by atoms with van der Waals surface area (Å²) in [6, 6.07) is 0. The van der Waals surface area contributed by atoms with E-state index >= 15 is 0 Å². The Kier molecular flexibility index (Phi) is 10.1. The number of rotatable bonds is 2. The topological polar surface area (TPSA) is 12.0 Å². The quantitative estimate of drug-likeness (QED) is 0.607. The van der Waals surface area contributed by atoms with Gasteiger partial charge in [0.05, 0.1) is 0 Å². The van der Waals surface area contributed by atoms with Crippen LogP contribution in [0.4, 0.5) is 0 Å². The minimum Gasteiger partial charge on any atom is -0.147 e. The molecule has 1 aliphatic rings. The molecule has 0 saturated carbocycles. The molecule has 0 aromatic heterocycles. The normalized spacial score (nSPS) is 18.8. The van der Waals surface area contributed by atoms with Crippen LogP contribution in [-0.4, -0.2) is 11.0 Å². The van der Waals surface area contributed by atoms with Gasteiger partial charge in [0.25, 0.3) is 0 Å². The average molecular weight is 416 g/mol. The predicted molar refractivity (Wildman–Crippen MR) is 95.1 cm³/mol. The van der Waals surface area contributed by atoms with Gasteiger partial charge in [0.2, 0.25) is 0 Å². The zero-order chi connectivity index (χ0) is 14.2. The Morgan fingerprint density at radius 1 is 1.00 bits per heavy atom. The Morgan fingerprint density at radius 3 is 1.70 bits per heavy atom. The minimum atomic E-state index is -1.64. The summed E-state index contributed by atoms with van der Waals surface area (Å²) in [7, 11) is 0. The maximum absolute atomic E-state index is 4.06. The second-order valence-electron chi connectivity index (χ2n) is 6.82. The molecule has 0 aromatic carbocycles. The third kappa shape index (κ3) is 5.39. The molecule has 1 N–H and O–H groups in total. The standard InChI is InChI=1S/C9H13.C4H10N.C2H6Si.2ClH.Zr/c1-6-5-7(2)9(4)8(6)3;1-4(2,3)5;1-3-2;;;/h6H,1-4H3;5H,1-3H3;1-2H3;2*1H;/q;-1;;;;+1. The van der Waals surface area contributed by atoms with E-state index in [4.69, 9.17) is 0 Å². The molecule has 0 aromatic rings. The number of hydrogen-bond acceptors (Lipinski definition) is 1. The Labute approximate surface area is 146 Å². The Balaban J connectivity index is 0. The second-order valence-corrected chi connectivity index (χ2v) is 22.9. The molecule has 0 amide bonds. The van der Waals surface area contributed by atoms with Crippen molar-refractivity contribution in [2.24, 2.45) is 5.92 Å². The first-order chi connectivity index (χ1) is 8.06. The van der Waals surface area contributed by atoms with Crippen LogP contribution in [0, 0.1) is 5.92 Å². The Hall–Kier alpha value is 1.12. The van der Waals surface area contributed by atoms with E-state index < -0.39 is 20.7 Å². The van der Waals surface area contributed by atoms with Gasteiger partial charge in [-0.25, -0.2) is 0 Å². The fraction of sp³-hybridized carbons (Fsp3) is 0.733. The molecule has 1 atom stereocenters. The van der Waals surface area contributed by atoms with Gasteiger partial charge in [-0.15, -0.1) is 24.8 Å². The zero-order valence-electron chi connectivity index (χ0n) is 14.4. The fourth-order valence-corrected chi connectivity index (χ4v) is 19.0. The molecule has 0 aliphatic heterocycles. The summed E-state index contributed by atoms with van der Waals surface area (Å²) >= 11 is -1.64. The molecule has 1 unspecified atom stereocenters. The molecule has 1 rings (SSSR count). The smallest absolute Gasteiger partial charge is 0.147 e. The van der Waals surface area contributed by atoms with Crippen molar-refractivity contribution < 1.29 is 20.7 Å². The number of allylic oxidation sites excluding steroid dienone is 4. The van der Waals surface area contributed by atoms with Gasteiger partial charge in [-0.05, 0) is 0 Å². The molecule has 5 heteroatoms. The van der Waals surface area contributed by atoms with E-state index in [9.17, 15) is 0 Å². The van der Waals surface area contributed by atoms with Gasteiger partial charge in [0, 0.05) is 0 Å². The van der Waals surface area contributed by atoms with Crippen molar-refractivity contribution in [3.63, 3.8) is 0 Å². The summed E-state index contributed by atoms with van der Waals surface area (Å²) in [5.41, 5.74) is 4.87. The average Bonchev–Trinajstić information content (AvgIpc) is 2.39. The summed E-state index contributed by atoms with van der Waals surface area (Å²) < 4.78 is 5.91. The molecular formula is C15H31Cl2NSiZr. The number of hydrogen-bond donors (Lipinski definition) is 1. The van der Waals surface area contributed by atoms with Gasteiger partial charge in [-0.3, -0.25) is 0 Å². The van der Waals surface area contributed by atoms with Gasteiger partial charge in [0.15, 0.2) is 0 Å². The molecule has 0 spiro atoms. The summed E-state index contributed by atoms with van der Waals surface area (Å²) in [5, 5.41) is 0. The summed E-state index contributed by atoms with van der Waals surface area (Å²) in [4.78, 5) is 0. The van der Waals surface area contributed by atoms with Gasteiger partial charge in [-0.2, -0.15) is 0 Å². The first-order valence-corrected chi connectivity index (χ1v) is 15.5.